The van der Waals surface area contributed by atoms with Crippen molar-refractivity contribution in [2.24, 2.45) is 0 Å². The Balaban J connectivity index is 2.00. The zero-order valence-corrected chi connectivity index (χ0v) is 13.7. The average molecular weight is 364 g/mol. The minimum atomic E-state index is -4.61. The molecule has 3 aromatic heterocycles. The van der Waals surface area contributed by atoms with Crippen molar-refractivity contribution in [2.75, 3.05) is 19.0 Å². The van der Waals surface area contributed by atoms with Crippen LogP contribution >= 0.6 is 0 Å². The van der Waals surface area contributed by atoms with Gasteiger partial charge >= 0.3 is 6.18 Å². The van der Waals surface area contributed by atoms with Crippen LogP contribution in [0.2, 0.25) is 0 Å². The van der Waals surface area contributed by atoms with Gasteiger partial charge in [0.05, 0.1) is 12.9 Å². The van der Waals surface area contributed by atoms with E-state index < -0.39 is 17.9 Å². The zero-order chi connectivity index (χ0) is 18.6. The second kappa shape index (κ2) is 7.52. The van der Waals surface area contributed by atoms with Gasteiger partial charge in [-0.25, -0.2) is 9.97 Å². The number of ether oxygens (including phenoxy) is 1. The summed E-state index contributed by atoms with van der Waals surface area (Å²) in [7, 11) is 1.49. The van der Waals surface area contributed by atoms with Crippen molar-refractivity contribution >= 4 is 5.82 Å². The smallest absolute Gasteiger partial charge is 0.433 e. The van der Waals surface area contributed by atoms with Crippen LogP contribution in [0, 0.1) is 0 Å². The summed E-state index contributed by atoms with van der Waals surface area (Å²) < 4.78 is 50.2. The molecule has 136 valence electrons. The molecule has 0 radical (unpaired) electrons. The van der Waals surface area contributed by atoms with E-state index in [2.05, 4.69) is 20.3 Å². The maximum atomic E-state index is 13.2. The predicted octanol–water partition coefficient (Wildman–Crippen LogP) is 3.95. The van der Waals surface area contributed by atoms with Crippen LogP contribution < -0.4 is 5.32 Å². The number of alkyl halides is 3. The molecule has 0 amide bonds. The Labute approximate surface area is 147 Å². The van der Waals surface area contributed by atoms with Gasteiger partial charge in [0, 0.05) is 31.1 Å². The second-order valence-electron chi connectivity index (χ2n) is 5.37. The fourth-order valence-corrected chi connectivity index (χ4v) is 2.32. The van der Waals surface area contributed by atoms with Crippen LogP contribution in [-0.2, 0) is 10.9 Å². The minimum absolute atomic E-state index is 0.00429. The number of furan rings is 1. The molecule has 1 atom stereocenters. The topological polar surface area (TPSA) is 73.1 Å². The lowest BCUT2D eigenvalue weighted by molar-refractivity contribution is -0.141. The highest BCUT2D eigenvalue weighted by atomic mass is 19.4. The highest BCUT2D eigenvalue weighted by molar-refractivity contribution is 5.56. The molecule has 0 aromatic carbocycles. The largest absolute Gasteiger partial charge is 0.467 e. The van der Waals surface area contributed by atoms with Crippen molar-refractivity contribution in [2.45, 2.75) is 12.2 Å². The Hall–Kier alpha value is -2.94. The maximum Gasteiger partial charge on any atom is 0.433 e. The fraction of sp³-hybridized carbons (Fsp3) is 0.235. The number of rotatable bonds is 6. The van der Waals surface area contributed by atoms with Crippen molar-refractivity contribution in [3.63, 3.8) is 0 Å². The first-order chi connectivity index (χ1) is 12.5. The number of methoxy groups -OCH3 is 1. The van der Waals surface area contributed by atoms with E-state index in [-0.39, 0.29) is 18.2 Å². The Morgan fingerprint density at radius 1 is 1.23 bits per heavy atom. The van der Waals surface area contributed by atoms with Crippen LogP contribution in [-0.4, -0.2) is 28.7 Å². The van der Waals surface area contributed by atoms with Crippen LogP contribution in [0.4, 0.5) is 19.0 Å². The van der Waals surface area contributed by atoms with Crippen LogP contribution in [0.15, 0.2) is 53.4 Å². The van der Waals surface area contributed by atoms with Crippen LogP contribution in [0.3, 0.4) is 0 Å². The van der Waals surface area contributed by atoms with Crippen LogP contribution in [0.5, 0.6) is 0 Å². The number of anilines is 1. The van der Waals surface area contributed by atoms with Gasteiger partial charge in [-0.15, -0.1) is 0 Å². The van der Waals surface area contributed by atoms with Crippen molar-refractivity contribution < 1.29 is 22.3 Å². The van der Waals surface area contributed by atoms with E-state index in [0.29, 0.717) is 11.3 Å². The first kappa shape index (κ1) is 17.9. The molecule has 0 saturated carbocycles. The predicted molar refractivity (Wildman–Crippen MR) is 87.2 cm³/mol. The van der Waals surface area contributed by atoms with Gasteiger partial charge in [0.2, 0.25) is 0 Å². The maximum absolute atomic E-state index is 13.2. The second-order valence-corrected chi connectivity index (χ2v) is 5.37. The third-order valence-corrected chi connectivity index (χ3v) is 3.48. The highest BCUT2D eigenvalue weighted by Crippen LogP contribution is 2.31. The standard InChI is InChI=1S/C17H15F3N4O2/c1-25-10-12(13-5-3-7-26-13)22-15-8-14(17(18,19)20)23-16(24-15)11-4-2-6-21-9-11/h2-9,12H,10H2,1H3,(H,22,23,24). The van der Waals surface area contributed by atoms with E-state index >= 15 is 0 Å². The van der Waals surface area contributed by atoms with E-state index in [4.69, 9.17) is 9.15 Å². The van der Waals surface area contributed by atoms with Gasteiger partial charge in [0.15, 0.2) is 11.5 Å². The SMILES string of the molecule is COCC(Nc1cc(C(F)(F)F)nc(-c2cccnc2)n1)c1ccco1. The molecule has 0 aliphatic heterocycles. The molecule has 6 nitrogen and oxygen atoms in total. The third-order valence-electron chi connectivity index (χ3n) is 3.48. The van der Waals surface area contributed by atoms with Gasteiger partial charge in [0.25, 0.3) is 0 Å². The lowest BCUT2D eigenvalue weighted by atomic mass is 10.2. The normalized spacial score (nSPS) is 12.8. The first-order valence-electron chi connectivity index (χ1n) is 7.63. The highest BCUT2D eigenvalue weighted by Gasteiger charge is 2.34. The Morgan fingerprint density at radius 3 is 2.69 bits per heavy atom. The molecule has 3 aromatic rings. The van der Waals surface area contributed by atoms with Crippen molar-refractivity contribution in [1.29, 1.82) is 0 Å². The molecule has 0 aliphatic rings. The van der Waals surface area contributed by atoms with Gasteiger partial charge in [0.1, 0.15) is 17.6 Å². The van der Waals surface area contributed by atoms with E-state index in [1.54, 1.807) is 24.3 Å². The molecule has 0 saturated heterocycles. The van der Waals surface area contributed by atoms with E-state index in [1.165, 1.54) is 25.8 Å². The fourth-order valence-electron chi connectivity index (χ4n) is 2.32. The zero-order valence-electron chi connectivity index (χ0n) is 13.7. The van der Waals surface area contributed by atoms with E-state index in [0.717, 1.165) is 6.07 Å². The number of nitrogens with one attached hydrogen (secondary N) is 1. The molecule has 3 heterocycles. The molecule has 0 spiro atoms. The molecule has 26 heavy (non-hydrogen) atoms. The number of hydrogen-bond donors (Lipinski definition) is 1. The molecular formula is C17H15F3N4O2. The third kappa shape index (κ3) is 4.17. The molecule has 1 N–H and O–H groups in total. The summed E-state index contributed by atoms with van der Waals surface area (Å²) in [6.07, 6.45) is -0.222. The Bertz CT molecular complexity index is 839. The van der Waals surface area contributed by atoms with Gasteiger partial charge < -0.3 is 14.5 Å². The van der Waals surface area contributed by atoms with Gasteiger partial charge in [-0.2, -0.15) is 13.2 Å². The quantitative estimate of drug-likeness (QED) is 0.714. The lowest BCUT2D eigenvalue weighted by Gasteiger charge is -2.18. The summed E-state index contributed by atoms with van der Waals surface area (Å²) in [6, 6.07) is 6.92. The van der Waals surface area contributed by atoms with E-state index in [9.17, 15) is 13.2 Å². The van der Waals surface area contributed by atoms with Crippen LogP contribution in [0.1, 0.15) is 17.5 Å². The van der Waals surface area contributed by atoms with Gasteiger partial charge in [-0.3, -0.25) is 4.98 Å². The summed E-state index contributed by atoms with van der Waals surface area (Å²) in [4.78, 5) is 11.7. The van der Waals surface area contributed by atoms with Crippen LogP contribution in [0.25, 0.3) is 11.4 Å². The summed E-state index contributed by atoms with van der Waals surface area (Å²) in [5, 5.41) is 2.91. The molecule has 1 unspecified atom stereocenters. The van der Waals surface area contributed by atoms with Gasteiger partial charge in [-0.1, -0.05) is 0 Å². The summed E-state index contributed by atoms with van der Waals surface area (Å²) in [5.74, 6) is 0.442. The monoisotopic (exact) mass is 364 g/mol. The molecule has 0 fully saturated rings. The number of aromatic nitrogens is 3. The Kier molecular flexibility index (Phi) is 5.17. The summed E-state index contributed by atoms with van der Waals surface area (Å²) in [5.41, 5.74) is -0.674. The first-order valence-corrected chi connectivity index (χ1v) is 7.63. The molecular weight excluding hydrogens is 349 g/mol. The van der Waals surface area contributed by atoms with Crippen molar-refractivity contribution in [1.82, 2.24) is 15.0 Å². The number of halogens is 3. The van der Waals surface area contributed by atoms with Crippen molar-refractivity contribution in [3.8, 4) is 11.4 Å². The number of pyridine rings is 1. The lowest BCUT2D eigenvalue weighted by Crippen LogP contribution is -2.18. The molecule has 3 rings (SSSR count). The Morgan fingerprint density at radius 2 is 2.08 bits per heavy atom. The van der Waals surface area contributed by atoms with E-state index in [1.807, 2.05) is 0 Å². The number of hydrogen-bond acceptors (Lipinski definition) is 6. The summed E-state index contributed by atoms with van der Waals surface area (Å²) >= 11 is 0. The molecule has 0 aliphatic carbocycles. The number of nitrogens with zero attached hydrogens (tertiary/aromatic N) is 3. The van der Waals surface area contributed by atoms with Gasteiger partial charge in [-0.05, 0) is 24.3 Å². The summed E-state index contributed by atoms with van der Waals surface area (Å²) in [6.45, 7) is 0.182. The molecule has 9 heteroatoms. The average Bonchev–Trinajstić information content (AvgIpc) is 3.16. The molecule has 0 bridgehead atoms. The van der Waals surface area contributed by atoms with Crippen molar-refractivity contribution in [3.05, 3.63) is 60.4 Å². The minimum Gasteiger partial charge on any atom is -0.467 e.